The van der Waals surface area contributed by atoms with Gasteiger partial charge in [-0.15, -0.1) is 0 Å². The highest BCUT2D eigenvalue weighted by molar-refractivity contribution is 7.88. The fourth-order valence-corrected chi connectivity index (χ4v) is 4.20. The summed E-state index contributed by atoms with van der Waals surface area (Å²) in [5.41, 5.74) is 0.341. The number of hydrogen-bond donors (Lipinski definition) is 1. The van der Waals surface area contributed by atoms with E-state index < -0.39 is 21.7 Å². The number of aromatic nitrogens is 2. The van der Waals surface area contributed by atoms with Crippen molar-refractivity contribution in [2.45, 2.75) is 25.8 Å². The van der Waals surface area contributed by atoms with Gasteiger partial charge in [0.25, 0.3) is 0 Å². The van der Waals surface area contributed by atoms with Gasteiger partial charge in [0.05, 0.1) is 11.8 Å². The van der Waals surface area contributed by atoms with Crippen LogP contribution in [-0.2, 0) is 10.0 Å². The lowest BCUT2D eigenvalue weighted by Crippen LogP contribution is -2.46. The molecule has 1 aromatic carbocycles. The van der Waals surface area contributed by atoms with Gasteiger partial charge in [-0.2, -0.15) is 0 Å². The first kappa shape index (κ1) is 17.9. The fraction of sp³-hybridized carbons (Fsp3) is 0.500. The van der Waals surface area contributed by atoms with Crippen LogP contribution in [0.25, 0.3) is 10.9 Å². The topological polar surface area (TPSA) is 75.2 Å². The van der Waals surface area contributed by atoms with Gasteiger partial charge >= 0.3 is 0 Å². The normalized spacial score (nSPS) is 20.0. The SMILES string of the molecule is CC(NS(C)(=O)=O)C1CCCN(c2ncnc3cc(F)c(F)cc23)C1. The van der Waals surface area contributed by atoms with Gasteiger partial charge in [0.15, 0.2) is 11.6 Å². The van der Waals surface area contributed by atoms with Gasteiger partial charge < -0.3 is 4.90 Å². The molecule has 0 bridgehead atoms. The first-order valence-corrected chi connectivity index (χ1v) is 9.96. The van der Waals surface area contributed by atoms with Crippen molar-refractivity contribution in [1.29, 1.82) is 0 Å². The molecule has 25 heavy (non-hydrogen) atoms. The van der Waals surface area contributed by atoms with Crippen LogP contribution in [-0.4, -0.2) is 43.8 Å². The summed E-state index contributed by atoms with van der Waals surface area (Å²) in [6, 6.07) is 1.95. The predicted molar refractivity (Wildman–Crippen MR) is 91.8 cm³/mol. The van der Waals surface area contributed by atoms with Gasteiger partial charge in [0.1, 0.15) is 12.1 Å². The lowest BCUT2D eigenvalue weighted by Gasteiger charge is -2.36. The number of fused-ring (bicyclic) bond motifs is 1. The second-order valence-corrected chi connectivity index (χ2v) is 8.29. The second kappa shape index (κ2) is 6.80. The van der Waals surface area contributed by atoms with Gasteiger partial charge in [0, 0.05) is 30.6 Å². The maximum atomic E-state index is 13.7. The molecule has 1 aliphatic rings. The highest BCUT2D eigenvalue weighted by Gasteiger charge is 2.28. The van der Waals surface area contributed by atoms with Crippen molar-refractivity contribution >= 4 is 26.7 Å². The Kier molecular flexibility index (Phi) is 4.88. The average Bonchev–Trinajstić information content (AvgIpc) is 2.54. The molecule has 2 heterocycles. The van der Waals surface area contributed by atoms with Crippen molar-refractivity contribution in [3.63, 3.8) is 0 Å². The molecule has 9 heteroatoms. The van der Waals surface area contributed by atoms with E-state index in [0.717, 1.165) is 31.2 Å². The standard InChI is InChI=1S/C16H20F2N4O2S/c1-10(21-25(2,23)24)11-4-3-5-22(8-11)16-12-6-13(17)14(18)7-15(12)19-9-20-16/h6-7,9-11,21H,3-5,8H2,1-2H3. The van der Waals surface area contributed by atoms with E-state index in [1.807, 2.05) is 11.8 Å². The third-order valence-electron chi connectivity index (χ3n) is 4.52. The summed E-state index contributed by atoms with van der Waals surface area (Å²) in [7, 11) is -3.29. The lowest BCUT2D eigenvalue weighted by atomic mass is 9.92. The number of benzene rings is 1. The summed E-state index contributed by atoms with van der Waals surface area (Å²) >= 11 is 0. The molecule has 0 saturated carbocycles. The quantitative estimate of drug-likeness (QED) is 0.892. The Balaban J connectivity index is 1.89. The van der Waals surface area contributed by atoms with E-state index in [1.165, 1.54) is 6.33 Å². The lowest BCUT2D eigenvalue weighted by molar-refractivity contribution is 0.346. The maximum absolute atomic E-state index is 13.7. The molecule has 2 aromatic rings. The van der Waals surface area contributed by atoms with Gasteiger partial charge in [-0.05, 0) is 31.7 Å². The molecule has 1 fully saturated rings. The van der Waals surface area contributed by atoms with Gasteiger partial charge in [-0.3, -0.25) is 0 Å². The largest absolute Gasteiger partial charge is 0.356 e. The van der Waals surface area contributed by atoms with Crippen LogP contribution in [0.4, 0.5) is 14.6 Å². The smallest absolute Gasteiger partial charge is 0.208 e. The summed E-state index contributed by atoms with van der Waals surface area (Å²) in [5, 5.41) is 0.450. The number of rotatable bonds is 4. The van der Waals surface area contributed by atoms with Gasteiger partial charge in [0.2, 0.25) is 10.0 Å². The monoisotopic (exact) mass is 370 g/mol. The average molecular weight is 370 g/mol. The van der Waals surface area contributed by atoms with Gasteiger partial charge in [-0.1, -0.05) is 0 Å². The fourth-order valence-electron chi connectivity index (χ4n) is 3.33. The Morgan fingerprint density at radius 2 is 2.00 bits per heavy atom. The zero-order valence-electron chi connectivity index (χ0n) is 14.0. The Hall–Kier alpha value is -1.87. The summed E-state index contributed by atoms with van der Waals surface area (Å²) in [6.45, 7) is 3.13. The second-order valence-electron chi connectivity index (χ2n) is 6.51. The molecule has 2 unspecified atom stereocenters. The molecule has 3 rings (SSSR count). The Labute approximate surface area is 145 Å². The first-order valence-electron chi connectivity index (χ1n) is 8.06. The highest BCUT2D eigenvalue weighted by Crippen LogP contribution is 2.29. The molecule has 2 atom stereocenters. The Morgan fingerprint density at radius 3 is 2.72 bits per heavy atom. The van der Waals surface area contributed by atoms with Crippen molar-refractivity contribution in [2.75, 3.05) is 24.2 Å². The molecule has 1 aromatic heterocycles. The zero-order chi connectivity index (χ0) is 18.2. The number of halogens is 2. The molecular weight excluding hydrogens is 350 g/mol. The van der Waals surface area contributed by atoms with E-state index in [4.69, 9.17) is 0 Å². The molecule has 136 valence electrons. The number of piperidine rings is 1. The minimum atomic E-state index is -3.29. The van der Waals surface area contributed by atoms with Crippen molar-refractivity contribution in [3.8, 4) is 0 Å². The molecule has 0 spiro atoms. The molecule has 1 saturated heterocycles. The minimum Gasteiger partial charge on any atom is -0.356 e. The molecule has 1 aliphatic heterocycles. The van der Waals surface area contributed by atoms with Crippen molar-refractivity contribution in [2.24, 2.45) is 5.92 Å². The molecular formula is C16H20F2N4O2S. The molecule has 0 amide bonds. The van der Waals surface area contributed by atoms with Gasteiger partial charge in [-0.25, -0.2) is 31.9 Å². The van der Waals surface area contributed by atoms with E-state index in [9.17, 15) is 17.2 Å². The summed E-state index contributed by atoms with van der Waals surface area (Å²) in [6.07, 6.45) is 4.21. The van der Waals surface area contributed by atoms with E-state index in [1.54, 1.807) is 0 Å². The minimum absolute atomic E-state index is 0.0961. The van der Waals surface area contributed by atoms with E-state index >= 15 is 0 Å². The molecule has 1 N–H and O–H groups in total. The maximum Gasteiger partial charge on any atom is 0.208 e. The van der Waals surface area contributed by atoms with Crippen LogP contribution in [0.5, 0.6) is 0 Å². The van der Waals surface area contributed by atoms with Crippen molar-refractivity contribution in [3.05, 3.63) is 30.1 Å². The summed E-state index contributed by atoms with van der Waals surface area (Å²) in [5.74, 6) is -1.25. The number of nitrogens with one attached hydrogen (secondary N) is 1. The van der Waals surface area contributed by atoms with Crippen LogP contribution in [0.1, 0.15) is 19.8 Å². The van der Waals surface area contributed by atoms with Crippen LogP contribution in [0.3, 0.4) is 0 Å². The molecule has 0 radical (unpaired) electrons. The third-order valence-corrected chi connectivity index (χ3v) is 5.32. The predicted octanol–water partition coefficient (Wildman–Crippen LogP) is 2.06. The first-order chi connectivity index (χ1) is 11.7. The van der Waals surface area contributed by atoms with Crippen molar-refractivity contribution < 1.29 is 17.2 Å². The highest BCUT2D eigenvalue weighted by atomic mass is 32.2. The summed E-state index contributed by atoms with van der Waals surface area (Å²) < 4.78 is 52.6. The summed E-state index contributed by atoms with van der Waals surface area (Å²) in [4.78, 5) is 10.2. The third kappa shape index (κ3) is 4.04. The zero-order valence-corrected chi connectivity index (χ0v) is 14.9. The Morgan fingerprint density at radius 1 is 1.28 bits per heavy atom. The number of hydrogen-bond acceptors (Lipinski definition) is 5. The van der Waals surface area contributed by atoms with E-state index in [2.05, 4.69) is 14.7 Å². The molecule has 6 nitrogen and oxygen atoms in total. The van der Waals surface area contributed by atoms with Crippen LogP contribution in [0.15, 0.2) is 18.5 Å². The van der Waals surface area contributed by atoms with Crippen LogP contribution < -0.4 is 9.62 Å². The van der Waals surface area contributed by atoms with E-state index in [0.29, 0.717) is 29.8 Å². The van der Waals surface area contributed by atoms with Crippen LogP contribution >= 0.6 is 0 Å². The van der Waals surface area contributed by atoms with Crippen LogP contribution in [0.2, 0.25) is 0 Å². The number of sulfonamides is 1. The molecule has 0 aliphatic carbocycles. The Bertz CT molecular complexity index is 891. The van der Waals surface area contributed by atoms with Crippen molar-refractivity contribution in [1.82, 2.24) is 14.7 Å². The van der Waals surface area contributed by atoms with E-state index in [-0.39, 0.29) is 12.0 Å². The van der Waals surface area contributed by atoms with Crippen LogP contribution in [0, 0.1) is 17.6 Å². The number of anilines is 1. The number of nitrogens with zero attached hydrogens (tertiary/aromatic N) is 3.